The van der Waals surface area contributed by atoms with E-state index in [4.69, 9.17) is 17.3 Å². The third-order valence-electron chi connectivity index (χ3n) is 3.13. The summed E-state index contributed by atoms with van der Waals surface area (Å²) in [6.45, 7) is 0. The fourth-order valence-corrected chi connectivity index (χ4v) is 2.68. The molecule has 0 fully saturated rings. The first kappa shape index (κ1) is 18.1. The van der Waals surface area contributed by atoms with Crippen LogP contribution in [0.1, 0.15) is 6.42 Å². The first-order chi connectivity index (χ1) is 11.5. The van der Waals surface area contributed by atoms with Crippen molar-refractivity contribution >= 4 is 41.0 Å². The minimum absolute atomic E-state index is 0.383. The van der Waals surface area contributed by atoms with E-state index in [0.717, 1.165) is 0 Å². The van der Waals surface area contributed by atoms with Gasteiger partial charge in [-0.1, -0.05) is 11.6 Å². The summed E-state index contributed by atoms with van der Waals surface area (Å²) in [5.74, 6) is 0.315. The molecule has 0 bridgehead atoms. The Morgan fingerprint density at radius 2 is 2.25 bits per heavy atom. The average Bonchev–Trinajstić information content (AvgIpc) is 3.05. The smallest absolute Gasteiger partial charge is 0.312 e. The summed E-state index contributed by atoms with van der Waals surface area (Å²) in [6.07, 6.45) is 5.26. The maximum Gasteiger partial charge on any atom is 0.312 e. The van der Waals surface area contributed by atoms with Crippen LogP contribution in [0.3, 0.4) is 0 Å². The van der Waals surface area contributed by atoms with Crippen LogP contribution in [-0.2, 0) is 4.79 Å². The second-order valence-corrected chi connectivity index (χ2v) is 6.26. The first-order valence-corrected chi connectivity index (χ1v) is 8.78. The summed E-state index contributed by atoms with van der Waals surface area (Å²) in [6, 6.07) is 3.51. The van der Waals surface area contributed by atoms with Crippen LogP contribution in [0.15, 0.2) is 30.9 Å². The van der Waals surface area contributed by atoms with E-state index < -0.39 is 12.1 Å². The molecule has 0 spiro atoms. The molecule has 0 aliphatic heterocycles. The van der Waals surface area contributed by atoms with Crippen LogP contribution in [-0.4, -0.2) is 44.8 Å². The monoisotopic (exact) mass is 368 g/mol. The van der Waals surface area contributed by atoms with Crippen LogP contribution in [0, 0.1) is 0 Å². The Morgan fingerprint density at radius 3 is 2.88 bits per heavy atom. The molecule has 0 aliphatic carbocycles. The molecule has 10 heteroatoms. The van der Waals surface area contributed by atoms with Crippen molar-refractivity contribution in [2.24, 2.45) is 5.73 Å². The standard InChI is InChI=1S/C14H17ClN6O2S/c1-24-5-4-10(20-14(16)23)13(22)19-11-6-9(15)2-3-12(11)21-8-17-7-18-21/h2-3,6-8,10H,4-5H2,1H3,(H,19,22)(H3,16,20,23). The molecule has 2 rings (SSSR count). The van der Waals surface area contributed by atoms with Gasteiger partial charge in [-0.25, -0.2) is 14.5 Å². The molecule has 128 valence electrons. The molecular formula is C14H17ClN6O2S. The lowest BCUT2D eigenvalue weighted by molar-refractivity contribution is -0.117. The van der Waals surface area contributed by atoms with E-state index in [-0.39, 0.29) is 5.91 Å². The number of nitrogens with one attached hydrogen (secondary N) is 2. The van der Waals surface area contributed by atoms with Gasteiger partial charge in [-0.3, -0.25) is 4.79 Å². The van der Waals surface area contributed by atoms with Crippen LogP contribution in [0.2, 0.25) is 5.02 Å². The summed E-state index contributed by atoms with van der Waals surface area (Å²) < 4.78 is 1.50. The third-order valence-corrected chi connectivity index (χ3v) is 4.00. The lowest BCUT2D eigenvalue weighted by Gasteiger charge is -2.18. The number of benzene rings is 1. The van der Waals surface area contributed by atoms with E-state index in [9.17, 15) is 9.59 Å². The zero-order valence-electron chi connectivity index (χ0n) is 12.9. The Labute approximate surface area is 148 Å². The van der Waals surface area contributed by atoms with Gasteiger partial charge in [-0.15, -0.1) is 0 Å². The highest BCUT2D eigenvalue weighted by molar-refractivity contribution is 7.98. The van der Waals surface area contributed by atoms with Gasteiger partial charge >= 0.3 is 6.03 Å². The number of anilines is 1. The minimum atomic E-state index is -0.751. The van der Waals surface area contributed by atoms with Gasteiger partial charge in [0.15, 0.2) is 0 Å². The van der Waals surface area contributed by atoms with E-state index in [1.807, 2.05) is 6.26 Å². The lowest BCUT2D eigenvalue weighted by Crippen LogP contribution is -2.46. The van der Waals surface area contributed by atoms with Crippen LogP contribution in [0.4, 0.5) is 10.5 Å². The first-order valence-electron chi connectivity index (χ1n) is 7.01. The van der Waals surface area contributed by atoms with Gasteiger partial charge in [0.1, 0.15) is 18.7 Å². The van der Waals surface area contributed by atoms with E-state index in [2.05, 4.69) is 20.7 Å². The van der Waals surface area contributed by atoms with Crippen LogP contribution >= 0.6 is 23.4 Å². The van der Waals surface area contributed by atoms with Crippen molar-refractivity contribution in [3.05, 3.63) is 35.9 Å². The van der Waals surface area contributed by atoms with Gasteiger partial charge in [0, 0.05) is 5.02 Å². The molecule has 24 heavy (non-hydrogen) atoms. The topological polar surface area (TPSA) is 115 Å². The summed E-state index contributed by atoms with van der Waals surface area (Å²) >= 11 is 7.59. The maximum absolute atomic E-state index is 12.5. The van der Waals surface area contributed by atoms with Gasteiger partial charge < -0.3 is 16.4 Å². The summed E-state index contributed by atoms with van der Waals surface area (Å²) in [5.41, 5.74) is 6.21. The Hall–Kier alpha value is -2.26. The normalized spacial score (nSPS) is 11.8. The number of primary amides is 1. The molecule has 1 heterocycles. The molecule has 1 unspecified atom stereocenters. The van der Waals surface area contributed by atoms with Crippen molar-refractivity contribution in [1.29, 1.82) is 0 Å². The predicted octanol–water partition coefficient (Wildman–Crippen LogP) is 1.65. The number of halogens is 1. The molecule has 4 N–H and O–H groups in total. The maximum atomic E-state index is 12.5. The number of nitrogens with two attached hydrogens (primary N) is 1. The quantitative estimate of drug-likeness (QED) is 0.687. The Morgan fingerprint density at radius 1 is 1.46 bits per heavy atom. The van der Waals surface area contributed by atoms with E-state index in [0.29, 0.717) is 28.6 Å². The fourth-order valence-electron chi connectivity index (χ4n) is 2.04. The van der Waals surface area contributed by atoms with E-state index in [1.54, 1.807) is 30.0 Å². The Bertz CT molecular complexity index is 709. The number of rotatable bonds is 7. The van der Waals surface area contributed by atoms with Crippen molar-refractivity contribution in [2.75, 3.05) is 17.3 Å². The van der Waals surface area contributed by atoms with Crippen molar-refractivity contribution in [3.63, 3.8) is 0 Å². The summed E-state index contributed by atoms with van der Waals surface area (Å²) in [4.78, 5) is 27.5. The van der Waals surface area contributed by atoms with Crippen molar-refractivity contribution in [3.8, 4) is 5.69 Å². The molecule has 1 aromatic heterocycles. The number of nitrogens with zero attached hydrogens (tertiary/aromatic N) is 3. The van der Waals surface area contributed by atoms with Gasteiger partial charge in [0.25, 0.3) is 0 Å². The summed E-state index contributed by atoms with van der Waals surface area (Å²) in [7, 11) is 0. The molecule has 3 amide bonds. The molecule has 1 atom stereocenters. The predicted molar refractivity (Wildman–Crippen MR) is 94.5 cm³/mol. The average molecular weight is 369 g/mol. The van der Waals surface area contributed by atoms with E-state index >= 15 is 0 Å². The van der Waals surface area contributed by atoms with E-state index in [1.165, 1.54) is 17.3 Å². The lowest BCUT2D eigenvalue weighted by atomic mass is 10.2. The van der Waals surface area contributed by atoms with Crippen LogP contribution in [0.25, 0.3) is 5.69 Å². The SMILES string of the molecule is CSCCC(NC(N)=O)C(=O)Nc1cc(Cl)ccc1-n1cncn1. The van der Waals surface area contributed by atoms with Gasteiger partial charge in [0.2, 0.25) is 5.91 Å². The van der Waals surface area contributed by atoms with Crippen molar-refractivity contribution in [2.45, 2.75) is 12.5 Å². The number of hydrogen-bond donors (Lipinski definition) is 3. The number of urea groups is 1. The van der Waals surface area contributed by atoms with Gasteiger partial charge in [0.05, 0.1) is 11.4 Å². The number of thioether (sulfide) groups is 1. The number of amides is 3. The van der Waals surface area contributed by atoms with Crippen LogP contribution in [0.5, 0.6) is 0 Å². The van der Waals surface area contributed by atoms with Gasteiger partial charge in [-0.05, 0) is 36.6 Å². The zero-order chi connectivity index (χ0) is 17.5. The molecular weight excluding hydrogens is 352 g/mol. The highest BCUT2D eigenvalue weighted by atomic mass is 35.5. The van der Waals surface area contributed by atoms with Gasteiger partial charge in [-0.2, -0.15) is 16.9 Å². The Kier molecular flexibility index (Phi) is 6.44. The largest absolute Gasteiger partial charge is 0.352 e. The molecule has 0 aliphatic rings. The second kappa shape index (κ2) is 8.55. The molecule has 0 saturated carbocycles. The zero-order valence-corrected chi connectivity index (χ0v) is 14.5. The molecule has 1 aromatic carbocycles. The molecule has 2 aromatic rings. The molecule has 8 nitrogen and oxygen atoms in total. The van der Waals surface area contributed by atoms with Crippen molar-refractivity contribution in [1.82, 2.24) is 20.1 Å². The molecule has 0 saturated heterocycles. The third kappa shape index (κ3) is 4.87. The molecule has 0 radical (unpaired) electrons. The summed E-state index contributed by atoms with van der Waals surface area (Å²) in [5, 5.41) is 9.71. The number of hydrogen-bond acceptors (Lipinski definition) is 5. The fraction of sp³-hybridized carbons (Fsp3) is 0.286. The number of aromatic nitrogens is 3. The van der Waals surface area contributed by atoms with Crippen LogP contribution < -0.4 is 16.4 Å². The Balaban J connectivity index is 2.23. The van der Waals surface area contributed by atoms with Crippen molar-refractivity contribution < 1.29 is 9.59 Å². The highest BCUT2D eigenvalue weighted by Gasteiger charge is 2.21. The number of carbonyl (C=O) groups is 2. The second-order valence-electron chi connectivity index (χ2n) is 4.83. The number of carbonyl (C=O) groups excluding carboxylic acids is 2. The highest BCUT2D eigenvalue weighted by Crippen LogP contribution is 2.24. The minimum Gasteiger partial charge on any atom is -0.352 e.